The molecule has 3 heteroatoms. The highest BCUT2D eigenvalue weighted by atomic mass is 16.3. The predicted molar refractivity (Wildman–Crippen MR) is 128 cm³/mol. The van der Waals surface area contributed by atoms with Gasteiger partial charge in [0.25, 0.3) is 0 Å². The highest BCUT2D eigenvalue weighted by Crippen LogP contribution is 2.39. The number of imidazole rings is 1. The van der Waals surface area contributed by atoms with E-state index in [9.17, 15) is 0 Å². The third-order valence-electron chi connectivity index (χ3n) is 6.34. The second-order valence-electron chi connectivity index (χ2n) is 8.24. The Bertz CT molecular complexity index is 1600. The molecule has 150 valence electrons. The van der Waals surface area contributed by atoms with Crippen molar-refractivity contribution in [2.24, 2.45) is 0 Å². The van der Waals surface area contributed by atoms with Crippen molar-refractivity contribution in [2.45, 2.75) is 20.8 Å². The van der Waals surface area contributed by atoms with Gasteiger partial charge in [-0.3, -0.25) is 4.57 Å². The van der Waals surface area contributed by atoms with Gasteiger partial charge in [-0.25, -0.2) is 4.98 Å². The van der Waals surface area contributed by atoms with Gasteiger partial charge in [0.15, 0.2) is 0 Å². The van der Waals surface area contributed by atoms with Gasteiger partial charge in [-0.15, -0.1) is 0 Å². The monoisotopic (exact) mass is 402 g/mol. The van der Waals surface area contributed by atoms with Gasteiger partial charge in [0.05, 0.1) is 5.69 Å². The number of para-hydroxylation sites is 1. The van der Waals surface area contributed by atoms with Gasteiger partial charge in [-0.1, -0.05) is 54.6 Å². The standard InChI is InChI=1S/C28H22N2O/c1-17-7-6-8-18(2)26(17)30-16-15-29-28(30)21-12-13-23-25-22-10-5-4-9-20(22)11-14-24(25)31-27(23)19(21)3/h4-16H,1-3H3. The Morgan fingerprint density at radius 2 is 1.58 bits per heavy atom. The van der Waals surface area contributed by atoms with Crippen molar-refractivity contribution in [1.29, 1.82) is 0 Å². The highest BCUT2D eigenvalue weighted by Gasteiger charge is 2.18. The van der Waals surface area contributed by atoms with E-state index in [0.717, 1.165) is 33.5 Å². The molecular formula is C28H22N2O. The summed E-state index contributed by atoms with van der Waals surface area (Å²) in [6.07, 6.45) is 3.91. The second kappa shape index (κ2) is 6.58. The molecule has 0 N–H and O–H groups in total. The van der Waals surface area contributed by atoms with Crippen LogP contribution in [-0.4, -0.2) is 9.55 Å². The van der Waals surface area contributed by atoms with Crippen LogP contribution in [0, 0.1) is 20.8 Å². The molecule has 2 heterocycles. The summed E-state index contributed by atoms with van der Waals surface area (Å²) in [5.74, 6) is 0.933. The van der Waals surface area contributed by atoms with E-state index in [4.69, 9.17) is 9.40 Å². The second-order valence-corrected chi connectivity index (χ2v) is 8.24. The molecule has 0 unspecified atom stereocenters. The van der Waals surface area contributed by atoms with E-state index >= 15 is 0 Å². The summed E-state index contributed by atoms with van der Waals surface area (Å²) in [7, 11) is 0. The first kappa shape index (κ1) is 18.0. The van der Waals surface area contributed by atoms with Crippen LogP contribution < -0.4 is 0 Å². The molecule has 0 aliphatic heterocycles. The lowest BCUT2D eigenvalue weighted by atomic mass is 10.00. The summed E-state index contributed by atoms with van der Waals surface area (Å²) in [6.45, 7) is 6.42. The molecule has 0 fully saturated rings. The minimum atomic E-state index is 0.923. The van der Waals surface area contributed by atoms with Crippen LogP contribution in [0.2, 0.25) is 0 Å². The zero-order valence-electron chi connectivity index (χ0n) is 17.8. The van der Waals surface area contributed by atoms with Crippen molar-refractivity contribution >= 4 is 32.7 Å². The quantitative estimate of drug-likeness (QED) is 0.300. The molecule has 0 atom stereocenters. The fraction of sp³-hybridized carbons (Fsp3) is 0.107. The number of aryl methyl sites for hydroxylation is 3. The van der Waals surface area contributed by atoms with Gasteiger partial charge >= 0.3 is 0 Å². The first-order valence-electron chi connectivity index (χ1n) is 10.6. The molecule has 31 heavy (non-hydrogen) atoms. The first-order valence-corrected chi connectivity index (χ1v) is 10.6. The lowest BCUT2D eigenvalue weighted by Crippen LogP contribution is -2.02. The molecule has 0 spiro atoms. The van der Waals surface area contributed by atoms with Crippen LogP contribution in [0.25, 0.3) is 49.8 Å². The zero-order chi connectivity index (χ0) is 21.1. The maximum absolute atomic E-state index is 6.39. The van der Waals surface area contributed by atoms with Crippen LogP contribution in [-0.2, 0) is 0 Å². The molecule has 4 aromatic carbocycles. The number of furan rings is 1. The van der Waals surface area contributed by atoms with E-state index in [2.05, 4.69) is 92.1 Å². The predicted octanol–water partition coefficient (Wildman–Crippen LogP) is 7.52. The Morgan fingerprint density at radius 1 is 0.774 bits per heavy atom. The summed E-state index contributed by atoms with van der Waals surface area (Å²) < 4.78 is 8.58. The van der Waals surface area contributed by atoms with Crippen molar-refractivity contribution in [3.05, 3.63) is 95.8 Å². The minimum absolute atomic E-state index is 0.923. The Morgan fingerprint density at radius 3 is 2.42 bits per heavy atom. The lowest BCUT2D eigenvalue weighted by molar-refractivity contribution is 0.666. The van der Waals surface area contributed by atoms with Gasteiger partial charge in [0.2, 0.25) is 0 Å². The molecular weight excluding hydrogens is 380 g/mol. The molecule has 6 rings (SSSR count). The number of hydrogen-bond acceptors (Lipinski definition) is 2. The molecule has 0 aliphatic rings. The number of aromatic nitrogens is 2. The molecule has 0 amide bonds. The molecule has 0 saturated carbocycles. The number of fused-ring (bicyclic) bond motifs is 5. The Balaban J connectivity index is 1.63. The largest absolute Gasteiger partial charge is 0.456 e. The van der Waals surface area contributed by atoms with E-state index in [1.54, 1.807) is 0 Å². The topological polar surface area (TPSA) is 31.0 Å². The third-order valence-corrected chi connectivity index (χ3v) is 6.34. The number of benzene rings is 4. The normalized spacial score (nSPS) is 11.7. The van der Waals surface area contributed by atoms with Crippen molar-refractivity contribution in [2.75, 3.05) is 0 Å². The molecule has 0 saturated heterocycles. The van der Waals surface area contributed by atoms with Gasteiger partial charge in [-0.05, 0) is 54.8 Å². The summed E-state index contributed by atoms with van der Waals surface area (Å²) in [5, 5.41) is 4.78. The van der Waals surface area contributed by atoms with Crippen LogP contribution in [0.4, 0.5) is 0 Å². The van der Waals surface area contributed by atoms with E-state index < -0.39 is 0 Å². The van der Waals surface area contributed by atoms with Crippen molar-refractivity contribution in [1.82, 2.24) is 9.55 Å². The molecule has 2 aromatic heterocycles. The van der Waals surface area contributed by atoms with E-state index in [0.29, 0.717) is 0 Å². The molecule has 0 bridgehead atoms. The zero-order valence-corrected chi connectivity index (χ0v) is 17.8. The van der Waals surface area contributed by atoms with Crippen molar-refractivity contribution < 1.29 is 4.42 Å². The maximum Gasteiger partial charge on any atom is 0.144 e. The maximum atomic E-state index is 6.39. The smallest absolute Gasteiger partial charge is 0.144 e. The molecule has 0 aliphatic carbocycles. The summed E-state index contributed by atoms with van der Waals surface area (Å²) in [6, 6.07) is 23.4. The summed E-state index contributed by atoms with van der Waals surface area (Å²) in [5.41, 5.74) is 7.69. The van der Waals surface area contributed by atoms with Crippen LogP contribution in [0.3, 0.4) is 0 Å². The SMILES string of the molecule is Cc1cccc(C)c1-n1ccnc1-c1ccc2c(oc3ccc4ccccc4c32)c1C. The molecule has 3 nitrogen and oxygen atoms in total. The van der Waals surface area contributed by atoms with E-state index in [-0.39, 0.29) is 0 Å². The van der Waals surface area contributed by atoms with Crippen LogP contribution >= 0.6 is 0 Å². The fourth-order valence-corrected chi connectivity index (χ4v) is 4.86. The number of nitrogens with zero attached hydrogens (tertiary/aromatic N) is 2. The van der Waals surface area contributed by atoms with Crippen LogP contribution in [0.15, 0.2) is 83.5 Å². The summed E-state index contributed by atoms with van der Waals surface area (Å²) in [4.78, 5) is 4.74. The Kier molecular flexibility index (Phi) is 3.81. The third kappa shape index (κ3) is 2.56. The van der Waals surface area contributed by atoms with E-state index in [1.165, 1.54) is 33.0 Å². The first-order chi connectivity index (χ1) is 15.1. The lowest BCUT2D eigenvalue weighted by Gasteiger charge is -2.15. The number of hydrogen-bond donors (Lipinski definition) is 0. The fourth-order valence-electron chi connectivity index (χ4n) is 4.86. The summed E-state index contributed by atoms with van der Waals surface area (Å²) >= 11 is 0. The molecule has 6 aromatic rings. The van der Waals surface area contributed by atoms with Crippen molar-refractivity contribution in [3.63, 3.8) is 0 Å². The van der Waals surface area contributed by atoms with E-state index in [1.807, 2.05) is 12.4 Å². The van der Waals surface area contributed by atoms with Gasteiger partial charge in [0, 0.05) is 34.3 Å². The van der Waals surface area contributed by atoms with Gasteiger partial charge in [-0.2, -0.15) is 0 Å². The number of rotatable bonds is 2. The van der Waals surface area contributed by atoms with Crippen LogP contribution in [0.5, 0.6) is 0 Å². The Hall–Kier alpha value is -3.85. The average molecular weight is 402 g/mol. The minimum Gasteiger partial charge on any atom is -0.456 e. The van der Waals surface area contributed by atoms with Crippen molar-refractivity contribution in [3.8, 4) is 17.1 Å². The molecule has 0 radical (unpaired) electrons. The van der Waals surface area contributed by atoms with Gasteiger partial charge < -0.3 is 4.42 Å². The van der Waals surface area contributed by atoms with Crippen LogP contribution in [0.1, 0.15) is 16.7 Å². The highest BCUT2D eigenvalue weighted by molar-refractivity contribution is 6.19. The van der Waals surface area contributed by atoms with Gasteiger partial charge in [0.1, 0.15) is 17.0 Å². The Labute approximate surface area is 180 Å². The average Bonchev–Trinajstić information content (AvgIpc) is 3.39.